The minimum absolute atomic E-state index is 0.365. The lowest BCUT2D eigenvalue weighted by Crippen LogP contribution is -2.41. The van der Waals surface area contributed by atoms with E-state index in [0.29, 0.717) is 0 Å². The quantitative estimate of drug-likeness (QED) is 0.468. The second-order valence-corrected chi connectivity index (χ2v) is 8.35. The molecule has 28 heavy (non-hydrogen) atoms. The molecule has 0 unspecified atom stereocenters. The van der Waals surface area contributed by atoms with Crippen molar-refractivity contribution < 1.29 is 13.7 Å². The van der Waals surface area contributed by atoms with Gasteiger partial charge in [0.1, 0.15) is 11.2 Å². The van der Waals surface area contributed by atoms with E-state index in [2.05, 4.69) is 44.8 Å². The van der Waals surface area contributed by atoms with Gasteiger partial charge in [-0.1, -0.05) is 36.4 Å². The van der Waals surface area contributed by atoms with Gasteiger partial charge in [0.05, 0.1) is 16.9 Å². The lowest BCUT2D eigenvalue weighted by Gasteiger charge is -2.32. The van der Waals surface area contributed by atoms with Crippen molar-refractivity contribution in [2.45, 2.75) is 38.9 Å². The third-order valence-electron chi connectivity index (χ3n) is 5.99. The molecule has 1 fully saturated rings. The maximum Gasteiger partial charge on any atom is 0.496 e. The number of aromatic nitrogens is 1. The summed E-state index contributed by atoms with van der Waals surface area (Å²) < 4.78 is 18.4. The smallest absolute Gasteiger partial charge is 0.455 e. The van der Waals surface area contributed by atoms with Gasteiger partial charge in [-0.15, -0.1) is 0 Å². The van der Waals surface area contributed by atoms with Crippen LogP contribution in [0, 0.1) is 0 Å². The Morgan fingerprint density at radius 1 is 0.786 bits per heavy atom. The van der Waals surface area contributed by atoms with Crippen LogP contribution in [0.15, 0.2) is 65.2 Å². The minimum Gasteiger partial charge on any atom is -0.455 e. The summed E-state index contributed by atoms with van der Waals surface area (Å²) >= 11 is 0. The summed E-state index contributed by atoms with van der Waals surface area (Å²) in [7, 11) is -0.409. The summed E-state index contributed by atoms with van der Waals surface area (Å²) in [5.74, 6) is 0. The first-order valence-corrected chi connectivity index (χ1v) is 9.58. The lowest BCUT2D eigenvalue weighted by atomic mass is 9.80. The zero-order chi connectivity index (χ0) is 19.5. The Balaban J connectivity index is 1.53. The van der Waals surface area contributed by atoms with Crippen LogP contribution >= 0.6 is 0 Å². The van der Waals surface area contributed by atoms with Crippen LogP contribution in [0.3, 0.4) is 0 Å². The monoisotopic (exact) mass is 371 g/mol. The minimum atomic E-state index is -0.409. The number of pyridine rings is 1. The van der Waals surface area contributed by atoms with Crippen molar-refractivity contribution in [1.29, 1.82) is 0 Å². The molecule has 5 rings (SSSR count). The Hall–Kier alpha value is -2.63. The van der Waals surface area contributed by atoms with E-state index >= 15 is 0 Å². The SMILES string of the molecule is CC1(C)OB(c2ccc(-c3cccc4c3oc3ccccc34)nc2)OC1(C)C. The van der Waals surface area contributed by atoms with Gasteiger partial charge in [0.25, 0.3) is 0 Å². The summed E-state index contributed by atoms with van der Waals surface area (Å²) in [6.07, 6.45) is 1.83. The van der Waals surface area contributed by atoms with Gasteiger partial charge in [-0.3, -0.25) is 4.98 Å². The van der Waals surface area contributed by atoms with E-state index in [0.717, 1.165) is 38.7 Å². The maximum absolute atomic E-state index is 6.13. The number of hydrogen-bond acceptors (Lipinski definition) is 4. The highest BCUT2D eigenvalue weighted by Gasteiger charge is 2.51. The Kier molecular flexibility index (Phi) is 3.70. The number of nitrogens with zero attached hydrogens (tertiary/aromatic N) is 1. The average molecular weight is 371 g/mol. The molecule has 5 heteroatoms. The van der Waals surface area contributed by atoms with Crippen molar-refractivity contribution in [3.8, 4) is 11.3 Å². The highest BCUT2D eigenvalue weighted by atomic mass is 16.7. The van der Waals surface area contributed by atoms with Crippen molar-refractivity contribution in [2.75, 3.05) is 0 Å². The third kappa shape index (κ3) is 2.58. The standard InChI is InChI=1S/C23H22BNO3/c1-22(2)23(3,4)28-24(27-22)15-12-13-19(25-14-15)18-10-7-9-17-16-8-5-6-11-20(16)26-21(17)18/h5-14H,1-4H3. The summed E-state index contributed by atoms with van der Waals surface area (Å²) in [4.78, 5) is 4.69. The molecule has 0 atom stereocenters. The lowest BCUT2D eigenvalue weighted by molar-refractivity contribution is 0.00578. The number of rotatable bonds is 2. The van der Waals surface area contributed by atoms with E-state index in [1.807, 2.05) is 48.7 Å². The molecule has 0 spiro atoms. The highest BCUT2D eigenvalue weighted by Crippen LogP contribution is 2.37. The molecule has 0 bridgehead atoms. The Bertz CT molecular complexity index is 1160. The first-order chi connectivity index (χ1) is 13.4. The van der Waals surface area contributed by atoms with Gasteiger partial charge in [0.2, 0.25) is 0 Å². The number of fused-ring (bicyclic) bond motifs is 3. The molecule has 0 N–H and O–H groups in total. The molecule has 1 aliphatic heterocycles. The fourth-order valence-corrected chi connectivity index (χ4v) is 3.63. The molecule has 0 aliphatic carbocycles. The molecule has 0 radical (unpaired) electrons. The van der Waals surface area contributed by atoms with Crippen LogP contribution < -0.4 is 5.46 Å². The zero-order valence-electron chi connectivity index (χ0n) is 16.5. The van der Waals surface area contributed by atoms with Gasteiger partial charge in [0.15, 0.2) is 0 Å². The second kappa shape index (κ2) is 5.93. The van der Waals surface area contributed by atoms with Gasteiger partial charge in [0, 0.05) is 28.0 Å². The molecule has 2 aromatic heterocycles. The van der Waals surface area contributed by atoms with E-state index in [9.17, 15) is 0 Å². The number of benzene rings is 2. The van der Waals surface area contributed by atoms with Crippen molar-refractivity contribution >= 4 is 34.5 Å². The van der Waals surface area contributed by atoms with Gasteiger partial charge < -0.3 is 13.7 Å². The molecule has 3 heterocycles. The largest absolute Gasteiger partial charge is 0.496 e. The Morgan fingerprint density at radius 2 is 1.50 bits per heavy atom. The Labute approximate surface area is 164 Å². The van der Waals surface area contributed by atoms with Gasteiger partial charge in [-0.25, -0.2) is 0 Å². The molecule has 0 amide bonds. The fourth-order valence-electron chi connectivity index (χ4n) is 3.63. The molecular weight excluding hydrogens is 349 g/mol. The van der Waals surface area contributed by atoms with E-state index in [-0.39, 0.29) is 11.2 Å². The first-order valence-electron chi connectivity index (χ1n) is 9.58. The van der Waals surface area contributed by atoms with Crippen molar-refractivity contribution in [2.24, 2.45) is 0 Å². The van der Waals surface area contributed by atoms with Crippen LogP contribution in [0.25, 0.3) is 33.2 Å². The molecule has 4 aromatic rings. The number of para-hydroxylation sites is 2. The van der Waals surface area contributed by atoms with Crippen LogP contribution in [0.1, 0.15) is 27.7 Å². The topological polar surface area (TPSA) is 44.5 Å². The van der Waals surface area contributed by atoms with E-state index in [4.69, 9.17) is 13.7 Å². The van der Waals surface area contributed by atoms with Crippen molar-refractivity contribution in [3.63, 3.8) is 0 Å². The molecule has 1 saturated heterocycles. The molecule has 140 valence electrons. The summed E-state index contributed by atoms with van der Waals surface area (Å²) in [6.45, 7) is 8.21. The van der Waals surface area contributed by atoms with Crippen molar-refractivity contribution in [1.82, 2.24) is 4.98 Å². The molecule has 4 nitrogen and oxygen atoms in total. The third-order valence-corrected chi connectivity index (χ3v) is 5.99. The average Bonchev–Trinajstić information content (AvgIpc) is 3.15. The highest BCUT2D eigenvalue weighted by molar-refractivity contribution is 6.62. The van der Waals surface area contributed by atoms with Gasteiger partial charge >= 0.3 is 7.12 Å². The predicted molar refractivity (Wildman–Crippen MR) is 113 cm³/mol. The number of furan rings is 1. The first kappa shape index (κ1) is 17.5. The van der Waals surface area contributed by atoms with Crippen LogP contribution in [0.5, 0.6) is 0 Å². The molecule has 1 aliphatic rings. The van der Waals surface area contributed by atoms with Crippen LogP contribution in [0.2, 0.25) is 0 Å². The summed E-state index contributed by atoms with van der Waals surface area (Å²) in [5, 5.41) is 2.22. The summed E-state index contributed by atoms with van der Waals surface area (Å²) in [5.41, 5.74) is 3.78. The second-order valence-electron chi connectivity index (χ2n) is 8.35. The zero-order valence-corrected chi connectivity index (χ0v) is 16.5. The van der Waals surface area contributed by atoms with Gasteiger partial charge in [-0.2, -0.15) is 0 Å². The van der Waals surface area contributed by atoms with Crippen LogP contribution in [-0.2, 0) is 9.31 Å². The molecule has 0 saturated carbocycles. The predicted octanol–water partition coefficient (Wildman–Crippen LogP) is 4.95. The van der Waals surface area contributed by atoms with Crippen LogP contribution in [0.4, 0.5) is 0 Å². The van der Waals surface area contributed by atoms with Gasteiger partial charge in [-0.05, 0) is 45.9 Å². The normalized spacial score (nSPS) is 18.2. The maximum atomic E-state index is 6.13. The Morgan fingerprint density at radius 3 is 2.21 bits per heavy atom. The molecular formula is C23H22BNO3. The number of hydrogen-bond donors (Lipinski definition) is 0. The summed E-state index contributed by atoms with van der Waals surface area (Å²) in [6, 6.07) is 18.3. The molecule has 2 aromatic carbocycles. The van der Waals surface area contributed by atoms with E-state index in [1.54, 1.807) is 0 Å². The van der Waals surface area contributed by atoms with Crippen LogP contribution in [-0.4, -0.2) is 23.3 Å². The van der Waals surface area contributed by atoms with E-state index in [1.165, 1.54) is 0 Å². The fraction of sp³-hybridized carbons (Fsp3) is 0.261. The van der Waals surface area contributed by atoms with E-state index < -0.39 is 7.12 Å². The van der Waals surface area contributed by atoms with Crippen molar-refractivity contribution in [3.05, 3.63) is 60.8 Å².